The van der Waals surface area contributed by atoms with Crippen LogP contribution in [0.4, 0.5) is 0 Å². The highest BCUT2D eigenvalue weighted by atomic mass is 16.6. The van der Waals surface area contributed by atoms with Gasteiger partial charge in [0.05, 0.1) is 52.9 Å². The van der Waals surface area contributed by atoms with Crippen LogP contribution < -0.4 is 0 Å². The molecule has 0 aromatic heterocycles. The summed E-state index contributed by atoms with van der Waals surface area (Å²) >= 11 is 0. The number of ether oxygens (including phenoxy) is 6. The van der Waals surface area contributed by atoms with Crippen LogP contribution in [0.5, 0.6) is 0 Å². The zero-order chi connectivity index (χ0) is 22.5. The van der Waals surface area contributed by atoms with Crippen LogP contribution in [0.15, 0.2) is 43.0 Å². The van der Waals surface area contributed by atoms with E-state index in [-0.39, 0.29) is 0 Å². The molecule has 4 aliphatic heterocycles. The van der Waals surface area contributed by atoms with Crippen molar-refractivity contribution in [3.8, 4) is 0 Å². The van der Waals surface area contributed by atoms with E-state index in [1.165, 1.54) is 5.56 Å². The zero-order valence-electron chi connectivity index (χ0n) is 19.6. The van der Waals surface area contributed by atoms with E-state index < -0.39 is 0 Å². The van der Waals surface area contributed by atoms with Gasteiger partial charge in [0.25, 0.3) is 0 Å². The maximum absolute atomic E-state index is 5.23. The molecule has 0 radical (unpaired) electrons. The molecular weight excluding hydrogens is 396 g/mol. The van der Waals surface area contributed by atoms with Crippen LogP contribution in [-0.4, -0.2) is 77.3 Å². The van der Waals surface area contributed by atoms with Crippen molar-refractivity contribution in [2.45, 2.75) is 57.5 Å². The van der Waals surface area contributed by atoms with Crippen molar-refractivity contribution in [2.24, 2.45) is 0 Å². The van der Waals surface area contributed by atoms with E-state index in [1.54, 1.807) is 6.08 Å². The van der Waals surface area contributed by atoms with Crippen molar-refractivity contribution in [3.63, 3.8) is 0 Å². The molecule has 1 aromatic carbocycles. The summed E-state index contributed by atoms with van der Waals surface area (Å²) in [6.45, 7) is 18.4. The Bertz CT molecular complexity index is 534. The summed E-state index contributed by atoms with van der Waals surface area (Å²) in [4.78, 5) is 0. The summed E-state index contributed by atoms with van der Waals surface area (Å²) in [5.74, 6) is 0. The average molecular weight is 437 g/mol. The standard InChI is InChI=1S/C10H14.2C6H10O3.C3H6/c1-10(2,3)9-7-5-4-6-8-9;2*1(5-3-8-5)7-2-6-4-9-6;1-3-2/h4-8H,1-3H3;2*5-6H,1-4H2;3H,1H2,2H3. The molecule has 6 heteroatoms. The molecule has 0 saturated carbocycles. The lowest BCUT2D eigenvalue weighted by Crippen LogP contribution is -2.10. The maximum atomic E-state index is 5.23. The minimum absolute atomic E-state index is 0.293. The molecule has 31 heavy (non-hydrogen) atoms. The molecule has 176 valence electrons. The highest BCUT2D eigenvalue weighted by Gasteiger charge is 2.27. The highest BCUT2D eigenvalue weighted by Crippen LogP contribution is 2.20. The van der Waals surface area contributed by atoms with Gasteiger partial charge in [-0.25, -0.2) is 0 Å². The second-order valence-electron chi connectivity index (χ2n) is 8.92. The van der Waals surface area contributed by atoms with Gasteiger partial charge in [0.2, 0.25) is 0 Å². The van der Waals surface area contributed by atoms with Gasteiger partial charge in [0.15, 0.2) is 0 Å². The smallest absolute Gasteiger partial charge is 0.104 e. The minimum Gasteiger partial charge on any atom is -0.376 e. The zero-order valence-corrected chi connectivity index (χ0v) is 19.6. The number of benzene rings is 1. The van der Waals surface area contributed by atoms with E-state index in [2.05, 4.69) is 57.7 Å². The first-order valence-electron chi connectivity index (χ1n) is 11.2. The van der Waals surface area contributed by atoms with Crippen molar-refractivity contribution in [3.05, 3.63) is 48.6 Å². The quantitative estimate of drug-likeness (QED) is 0.456. The van der Waals surface area contributed by atoms with Gasteiger partial charge in [0, 0.05) is 0 Å². The predicted octanol–water partition coefficient (Wildman–Crippen LogP) is 3.78. The van der Waals surface area contributed by atoms with Gasteiger partial charge in [0.1, 0.15) is 24.4 Å². The lowest BCUT2D eigenvalue weighted by Gasteiger charge is -2.18. The molecule has 6 nitrogen and oxygen atoms in total. The normalized spacial score (nSPS) is 26.6. The van der Waals surface area contributed by atoms with Gasteiger partial charge in [-0.2, -0.15) is 0 Å². The van der Waals surface area contributed by atoms with Crippen molar-refractivity contribution in [1.29, 1.82) is 0 Å². The third-order valence-electron chi connectivity index (χ3n) is 4.46. The largest absolute Gasteiger partial charge is 0.376 e. The molecule has 0 N–H and O–H groups in total. The lowest BCUT2D eigenvalue weighted by molar-refractivity contribution is 0.102. The number of epoxide rings is 4. The highest BCUT2D eigenvalue weighted by molar-refractivity contribution is 5.21. The van der Waals surface area contributed by atoms with Gasteiger partial charge in [-0.05, 0) is 17.9 Å². The van der Waals surface area contributed by atoms with Crippen molar-refractivity contribution in [2.75, 3.05) is 52.9 Å². The molecule has 5 rings (SSSR count). The molecule has 0 aliphatic carbocycles. The van der Waals surface area contributed by atoms with Crippen molar-refractivity contribution >= 4 is 0 Å². The Morgan fingerprint density at radius 3 is 1.26 bits per heavy atom. The topological polar surface area (TPSA) is 68.6 Å². The molecule has 4 saturated heterocycles. The summed E-state index contributed by atoms with van der Waals surface area (Å²) in [7, 11) is 0. The minimum atomic E-state index is 0.293. The second kappa shape index (κ2) is 14.0. The van der Waals surface area contributed by atoms with E-state index in [0.29, 0.717) is 29.8 Å². The van der Waals surface area contributed by atoms with E-state index >= 15 is 0 Å². The number of hydrogen-bond donors (Lipinski definition) is 0. The van der Waals surface area contributed by atoms with Crippen LogP contribution in [0, 0.1) is 0 Å². The van der Waals surface area contributed by atoms with Crippen LogP contribution in [0.1, 0.15) is 33.3 Å². The average Bonchev–Trinajstić information content (AvgIpc) is 3.55. The monoisotopic (exact) mass is 436 g/mol. The SMILES string of the molecule is C(OCC1CO1)C1CO1.C(OCC1CO1)C1CO1.C=CC.CC(C)(C)c1ccccc1. The van der Waals surface area contributed by atoms with Crippen LogP contribution >= 0.6 is 0 Å². The summed E-state index contributed by atoms with van der Waals surface area (Å²) in [5, 5.41) is 0. The molecule has 4 fully saturated rings. The molecule has 0 bridgehead atoms. The summed E-state index contributed by atoms with van der Waals surface area (Å²) in [6.07, 6.45) is 3.32. The Hall–Kier alpha value is -1.28. The molecule has 4 aliphatic rings. The first-order chi connectivity index (χ1) is 14.9. The molecule has 1 aromatic rings. The van der Waals surface area contributed by atoms with Crippen LogP contribution in [-0.2, 0) is 33.8 Å². The van der Waals surface area contributed by atoms with Gasteiger partial charge < -0.3 is 28.4 Å². The fourth-order valence-electron chi connectivity index (χ4n) is 2.26. The first kappa shape index (κ1) is 26.0. The second-order valence-corrected chi connectivity index (χ2v) is 8.92. The van der Waals surface area contributed by atoms with Crippen molar-refractivity contribution < 1.29 is 28.4 Å². The van der Waals surface area contributed by atoms with Gasteiger partial charge in [-0.3, -0.25) is 0 Å². The Kier molecular flexibility index (Phi) is 11.7. The van der Waals surface area contributed by atoms with Crippen LogP contribution in [0.25, 0.3) is 0 Å². The lowest BCUT2D eigenvalue weighted by atomic mass is 9.87. The summed E-state index contributed by atoms with van der Waals surface area (Å²) in [5.41, 5.74) is 1.69. The predicted molar refractivity (Wildman–Crippen MR) is 122 cm³/mol. The van der Waals surface area contributed by atoms with E-state index in [0.717, 1.165) is 52.9 Å². The van der Waals surface area contributed by atoms with Gasteiger partial charge >= 0.3 is 0 Å². The fourth-order valence-corrected chi connectivity index (χ4v) is 2.26. The molecule has 0 spiro atoms. The number of rotatable bonds is 8. The molecule has 0 amide bonds. The van der Waals surface area contributed by atoms with Crippen LogP contribution in [0.2, 0.25) is 0 Å². The van der Waals surface area contributed by atoms with E-state index in [9.17, 15) is 0 Å². The molecule has 4 heterocycles. The number of allylic oxidation sites excluding steroid dienone is 1. The Labute approximate surface area is 187 Å². The molecule has 4 atom stereocenters. The van der Waals surface area contributed by atoms with Gasteiger partial charge in [-0.15, -0.1) is 6.58 Å². The van der Waals surface area contributed by atoms with E-state index in [4.69, 9.17) is 28.4 Å². The Morgan fingerprint density at radius 2 is 1.06 bits per heavy atom. The third kappa shape index (κ3) is 15.2. The van der Waals surface area contributed by atoms with Crippen molar-refractivity contribution in [1.82, 2.24) is 0 Å². The maximum Gasteiger partial charge on any atom is 0.104 e. The summed E-state index contributed by atoms with van der Waals surface area (Å²) < 4.78 is 30.2. The Morgan fingerprint density at radius 1 is 0.774 bits per heavy atom. The molecular formula is C25H40O6. The van der Waals surface area contributed by atoms with E-state index in [1.807, 2.05) is 6.92 Å². The molecule has 4 unspecified atom stereocenters. The third-order valence-corrected chi connectivity index (χ3v) is 4.46. The fraction of sp³-hybridized carbons (Fsp3) is 0.680. The van der Waals surface area contributed by atoms with Gasteiger partial charge in [-0.1, -0.05) is 57.2 Å². The number of hydrogen-bond acceptors (Lipinski definition) is 6. The first-order valence-corrected chi connectivity index (χ1v) is 11.2. The van der Waals surface area contributed by atoms with Crippen LogP contribution in [0.3, 0.4) is 0 Å². The Balaban J connectivity index is 0.000000155. The summed E-state index contributed by atoms with van der Waals surface area (Å²) in [6, 6.07) is 10.6.